The van der Waals surface area contributed by atoms with Crippen molar-refractivity contribution in [1.29, 1.82) is 0 Å². The van der Waals surface area contributed by atoms with E-state index in [1.54, 1.807) is 18.2 Å². The molecule has 1 fully saturated rings. The number of benzene rings is 2. The van der Waals surface area contributed by atoms with E-state index in [-0.39, 0.29) is 5.56 Å². The quantitative estimate of drug-likeness (QED) is 0.508. The van der Waals surface area contributed by atoms with E-state index >= 15 is 0 Å². The van der Waals surface area contributed by atoms with Crippen molar-refractivity contribution in [2.45, 2.75) is 52.4 Å². The number of imidazole rings is 1. The van der Waals surface area contributed by atoms with Crippen molar-refractivity contribution in [3.05, 3.63) is 53.6 Å². The number of aryl methyl sites for hydroxylation is 1. The Labute approximate surface area is 166 Å². The minimum atomic E-state index is -0.948. The Hall–Kier alpha value is -2.82. The summed E-state index contributed by atoms with van der Waals surface area (Å²) in [6.07, 6.45) is 8.44. The first-order valence-electron chi connectivity index (χ1n) is 10.1. The molecule has 1 saturated carbocycles. The first-order chi connectivity index (χ1) is 13.5. The fourth-order valence-corrected chi connectivity index (χ4v) is 3.47. The predicted octanol–water partition coefficient (Wildman–Crippen LogP) is 6.15. The Morgan fingerprint density at radius 1 is 1.14 bits per heavy atom. The number of H-pyrrole nitrogens is 1. The molecule has 148 valence electrons. The van der Waals surface area contributed by atoms with Crippen LogP contribution in [0.2, 0.25) is 0 Å². The van der Waals surface area contributed by atoms with Crippen molar-refractivity contribution >= 4 is 28.6 Å². The summed E-state index contributed by atoms with van der Waals surface area (Å²) in [5.41, 5.74) is 3.88. The standard InChI is InChI=1S/C16H15N3O2.C7H14/c1-2-10-3-6-12(7-4-10)17-16-18-13-8-5-11(15(20)21)9-14(13)19-16;1-7-5-3-2-4-6-7/h3-9H,2H2,1H3,(H,20,21)(H2,17,18,19);7H,2-6H2,1H3. The SMILES string of the molecule is CC1CCCCC1.CCc1ccc(Nc2nc3ccc(C(=O)O)cc3[nH]2)cc1. The van der Waals surface area contributed by atoms with E-state index in [0.29, 0.717) is 11.5 Å². The number of carboxylic acid groups (broad SMARTS) is 1. The summed E-state index contributed by atoms with van der Waals surface area (Å²) < 4.78 is 0. The molecule has 3 aromatic rings. The molecule has 0 aliphatic heterocycles. The topological polar surface area (TPSA) is 78.0 Å². The third-order valence-corrected chi connectivity index (χ3v) is 5.25. The van der Waals surface area contributed by atoms with Crippen molar-refractivity contribution in [2.75, 3.05) is 5.32 Å². The van der Waals surface area contributed by atoms with Crippen LogP contribution in [0.1, 0.15) is 61.9 Å². The van der Waals surface area contributed by atoms with Gasteiger partial charge in [-0.2, -0.15) is 0 Å². The number of carboxylic acids is 1. The molecule has 0 radical (unpaired) electrons. The number of fused-ring (bicyclic) bond motifs is 1. The van der Waals surface area contributed by atoms with Crippen LogP contribution in [0.3, 0.4) is 0 Å². The molecular formula is C23H29N3O2. The molecule has 28 heavy (non-hydrogen) atoms. The first-order valence-corrected chi connectivity index (χ1v) is 10.1. The molecular weight excluding hydrogens is 350 g/mol. The molecule has 0 amide bonds. The van der Waals surface area contributed by atoms with Gasteiger partial charge in [0.05, 0.1) is 16.6 Å². The van der Waals surface area contributed by atoms with E-state index in [9.17, 15) is 4.79 Å². The van der Waals surface area contributed by atoms with E-state index in [1.807, 2.05) is 12.1 Å². The van der Waals surface area contributed by atoms with Crippen LogP contribution in [-0.4, -0.2) is 21.0 Å². The zero-order valence-electron chi connectivity index (χ0n) is 16.7. The Balaban J connectivity index is 0.000000271. The molecule has 1 aromatic heterocycles. The number of nitrogens with zero attached hydrogens (tertiary/aromatic N) is 1. The van der Waals surface area contributed by atoms with Gasteiger partial charge in [0, 0.05) is 5.69 Å². The molecule has 0 atom stereocenters. The second-order valence-electron chi connectivity index (χ2n) is 7.54. The average molecular weight is 380 g/mol. The molecule has 1 heterocycles. The van der Waals surface area contributed by atoms with Crippen LogP contribution < -0.4 is 5.32 Å². The maximum atomic E-state index is 11.0. The molecule has 5 heteroatoms. The third kappa shape index (κ3) is 5.35. The Kier molecular flexibility index (Phi) is 6.69. The smallest absolute Gasteiger partial charge is 0.335 e. The molecule has 2 aromatic carbocycles. The third-order valence-electron chi connectivity index (χ3n) is 5.25. The molecule has 0 unspecified atom stereocenters. The van der Waals surface area contributed by atoms with Crippen LogP contribution in [0, 0.1) is 5.92 Å². The summed E-state index contributed by atoms with van der Waals surface area (Å²) in [4.78, 5) is 18.4. The van der Waals surface area contributed by atoms with Gasteiger partial charge < -0.3 is 15.4 Å². The van der Waals surface area contributed by atoms with Crippen LogP contribution in [0.15, 0.2) is 42.5 Å². The van der Waals surface area contributed by atoms with Gasteiger partial charge in [-0.1, -0.05) is 58.1 Å². The van der Waals surface area contributed by atoms with Crippen molar-refractivity contribution < 1.29 is 9.90 Å². The maximum absolute atomic E-state index is 11.0. The minimum Gasteiger partial charge on any atom is -0.478 e. The van der Waals surface area contributed by atoms with Crippen LogP contribution in [0.4, 0.5) is 11.6 Å². The van der Waals surface area contributed by atoms with E-state index in [2.05, 4.69) is 41.3 Å². The van der Waals surface area contributed by atoms with Gasteiger partial charge in [0.25, 0.3) is 0 Å². The van der Waals surface area contributed by atoms with E-state index < -0.39 is 5.97 Å². The van der Waals surface area contributed by atoms with Crippen molar-refractivity contribution in [1.82, 2.24) is 9.97 Å². The van der Waals surface area contributed by atoms with Crippen LogP contribution >= 0.6 is 0 Å². The Morgan fingerprint density at radius 3 is 2.43 bits per heavy atom. The summed E-state index contributed by atoms with van der Waals surface area (Å²) in [5.74, 6) is 0.682. The fraction of sp³-hybridized carbons (Fsp3) is 0.391. The van der Waals surface area contributed by atoms with Gasteiger partial charge >= 0.3 is 5.97 Å². The lowest BCUT2D eigenvalue weighted by Gasteiger charge is -2.15. The monoisotopic (exact) mass is 379 g/mol. The number of anilines is 2. The summed E-state index contributed by atoms with van der Waals surface area (Å²) >= 11 is 0. The molecule has 3 N–H and O–H groups in total. The molecule has 5 nitrogen and oxygen atoms in total. The Morgan fingerprint density at radius 2 is 1.86 bits per heavy atom. The maximum Gasteiger partial charge on any atom is 0.335 e. The summed E-state index contributed by atoms with van der Waals surface area (Å²) in [7, 11) is 0. The second-order valence-corrected chi connectivity index (χ2v) is 7.54. The summed E-state index contributed by atoms with van der Waals surface area (Å²) in [6, 6.07) is 12.9. The Bertz CT molecular complexity index is 909. The number of nitrogens with one attached hydrogen (secondary N) is 2. The number of hydrogen-bond donors (Lipinski definition) is 3. The number of hydrogen-bond acceptors (Lipinski definition) is 3. The van der Waals surface area contributed by atoms with Gasteiger partial charge in [0.15, 0.2) is 0 Å². The highest BCUT2D eigenvalue weighted by atomic mass is 16.4. The van der Waals surface area contributed by atoms with Gasteiger partial charge in [-0.3, -0.25) is 0 Å². The molecule has 4 rings (SSSR count). The van der Waals surface area contributed by atoms with E-state index in [1.165, 1.54) is 37.7 Å². The second kappa shape index (κ2) is 9.40. The highest BCUT2D eigenvalue weighted by Gasteiger charge is 2.08. The van der Waals surface area contributed by atoms with Gasteiger partial charge in [-0.25, -0.2) is 9.78 Å². The number of carbonyl (C=O) groups is 1. The first kappa shape index (κ1) is 19.9. The molecule has 0 saturated heterocycles. The fourth-order valence-electron chi connectivity index (χ4n) is 3.47. The van der Waals surface area contributed by atoms with Gasteiger partial charge in [0.1, 0.15) is 0 Å². The summed E-state index contributed by atoms with van der Waals surface area (Å²) in [6.45, 7) is 4.47. The van der Waals surface area contributed by atoms with Gasteiger partial charge in [0.2, 0.25) is 5.95 Å². The lowest BCUT2D eigenvalue weighted by atomic mass is 9.91. The van der Waals surface area contributed by atoms with Crippen molar-refractivity contribution in [2.24, 2.45) is 5.92 Å². The van der Waals surface area contributed by atoms with Gasteiger partial charge in [-0.05, 0) is 48.2 Å². The highest BCUT2D eigenvalue weighted by Crippen LogP contribution is 2.22. The number of rotatable bonds is 4. The summed E-state index contributed by atoms with van der Waals surface area (Å²) in [5, 5.41) is 12.2. The average Bonchev–Trinajstić information content (AvgIpc) is 3.11. The van der Waals surface area contributed by atoms with Crippen LogP contribution in [0.5, 0.6) is 0 Å². The molecule has 0 spiro atoms. The minimum absolute atomic E-state index is 0.241. The van der Waals surface area contributed by atoms with Crippen molar-refractivity contribution in [3.8, 4) is 0 Å². The normalized spacial score (nSPS) is 14.4. The predicted molar refractivity (Wildman–Crippen MR) is 114 cm³/mol. The lowest BCUT2D eigenvalue weighted by Crippen LogP contribution is -1.99. The number of aromatic nitrogens is 2. The van der Waals surface area contributed by atoms with Crippen molar-refractivity contribution in [3.63, 3.8) is 0 Å². The highest BCUT2D eigenvalue weighted by molar-refractivity contribution is 5.92. The number of aromatic amines is 1. The molecule has 0 bridgehead atoms. The molecule has 1 aliphatic carbocycles. The number of aromatic carboxylic acids is 1. The zero-order valence-corrected chi connectivity index (χ0v) is 16.7. The largest absolute Gasteiger partial charge is 0.478 e. The van der Waals surface area contributed by atoms with Crippen LogP contribution in [0.25, 0.3) is 11.0 Å². The van der Waals surface area contributed by atoms with E-state index in [0.717, 1.165) is 23.5 Å². The van der Waals surface area contributed by atoms with E-state index in [4.69, 9.17) is 5.11 Å². The molecule has 1 aliphatic rings. The lowest BCUT2D eigenvalue weighted by molar-refractivity contribution is 0.0697. The van der Waals surface area contributed by atoms with Crippen LogP contribution in [-0.2, 0) is 6.42 Å². The van der Waals surface area contributed by atoms with Gasteiger partial charge in [-0.15, -0.1) is 0 Å². The zero-order chi connectivity index (χ0) is 19.9.